The maximum Gasteiger partial charge on any atom is 0.193 e. The second kappa shape index (κ2) is 4.54. The van der Waals surface area contributed by atoms with Crippen molar-refractivity contribution in [2.24, 2.45) is 0 Å². The number of ether oxygens (including phenoxy) is 1. The van der Waals surface area contributed by atoms with Crippen molar-refractivity contribution < 1.29 is 9.53 Å². The molecule has 19 heavy (non-hydrogen) atoms. The molecule has 0 N–H and O–H groups in total. The summed E-state index contributed by atoms with van der Waals surface area (Å²) in [6.45, 7) is 4.00. The molecule has 2 aromatic rings. The fourth-order valence-electron chi connectivity index (χ4n) is 2.53. The van der Waals surface area contributed by atoms with Gasteiger partial charge in [-0.15, -0.1) is 0 Å². The van der Waals surface area contributed by atoms with Gasteiger partial charge in [-0.2, -0.15) is 0 Å². The monoisotopic (exact) mass is 252 g/mol. The van der Waals surface area contributed by atoms with Crippen LogP contribution in [0.4, 0.5) is 0 Å². The van der Waals surface area contributed by atoms with E-state index in [0.29, 0.717) is 0 Å². The standard InChI is InChI=1S/C17H16O2/c1-11(2)19-14-7-8-16-13(10-14)9-12-5-3-4-6-15(12)17(16)18/h3-8,10-11H,9H2,1-2H3. The molecule has 1 aliphatic rings. The number of rotatable bonds is 2. The van der Waals surface area contributed by atoms with Gasteiger partial charge in [0.25, 0.3) is 0 Å². The lowest BCUT2D eigenvalue weighted by Gasteiger charge is -2.19. The molecular weight excluding hydrogens is 236 g/mol. The van der Waals surface area contributed by atoms with E-state index in [4.69, 9.17) is 4.74 Å². The molecule has 2 heteroatoms. The number of carbonyl (C=O) groups is 1. The SMILES string of the molecule is CC(C)Oc1ccc2c(c1)Cc1ccccc1C2=O. The van der Waals surface area contributed by atoms with E-state index in [9.17, 15) is 4.79 Å². The van der Waals surface area contributed by atoms with E-state index in [1.807, 2.05) is 56.3 Å². The van der Waals surface area contributed by atoms with Crippen LogP contribution < -0.4 is 4.74 Å². The molecule has 0 aromatic heterocycles. The Morgan fingerprint density at radius 1 is 1.00 bits per heavy atom. The van der Waals surface area contributed by atoms with Gasteiger partial charge in [0.1, 0.15) is 5.75 Å². The van der Waals surface area contributed by atoms with Crippen LogP contribution in [0.25, 0.3) is 0 Å². The molecule has 0 aliphatic heterocycles. The highest BCUT2D eigenvalue weighted by Crippen LogP contribution is 2.29. The van der Waals surface area contributed by atoms with Crippen molar-refractivity contribution in [3.05, 3.63) is 64.7 Å². The van der Waals surface area contributed by atoms with E-state index in [1.54, 1.807) is 0 Å². The van der Waals surface area contributed by atoms with Gasteiger partial charge in [-0.3, -0.25) is 4.79 Å². The number of carbonyl (C=O) groups excluding carboxylic acids is 1. The third-order valence-corrected chi connectivity index (χ3v) is 3.34. The fraction of sp³-hybridized carbons (Fsp3) is 0.235. The first kappa shape index (κ1) is 12.0. The summed E-state index contributed by atoms with van der Waals surface area (Å²) in [5.41, 5.74) is 3.78. The maximum absolute atomic E-state index is 12.4. The van der Waals surface area contributed by atoms with Gasteiger partial charge in [-0.25, -0.2) is 0 Å². The minimum absolute atomic E-state index is 0.118. The lowest BCUT2D eigenvalue weighted by Crippen LogP contribution is -2.15. The number of hydrogen-bond donors (Lipinski definition) is 0. The first-order valence-electron chi connectivity index (χ1n) is 6.57. The van der Waals surface area contributed by atoms with E-state index < -0.39 is 0 Å². The molecule has 3 rings (SSSR count). The van der Waals surface area contributed by atoms with Crippen LogP contribution in [0.15, 0.2) is 42.5 Å². The number of benzene rings is 2. The predicted molar refractivity (Wildman–Crippen MR) is 74.9 cm³/mol. The van der Waals surface area contributed by atoms with E-state index in [1.165, 1.54) is 0 Å². The Morgan fingerprint density at radius 3 is 2.53 bits per heavy atom. The van der Waals surface area contributed by atoms with Gasteiger partial charge in [-0.05, 0) is 49.6 Å². The zero-order valence-corrected chi connectivity index (χ0v) is 11.1. The van der Waals surface area contributed by atoms with Gasteiger partial charge in [-0.1, -0.05) is 24.3 Å². The van der Waals surface area contributed by atoms with E-state index in [0.717, 1.165) is 34.4 Å². The average Bonchev–Trinajstić information content (AvgIpc) is 2.38. The molecule has 0 unspecified atom stereocenters. The Morgan fingerprint density at radius 2 is 1.74 bits per heavy atom. The topological polar surface area (TPSA) is 26.3 Å². The number of ketones is 1. The maximum atomic E-state index is 12.4. The van der Waals surface area contributed by atoms with Crippen molar-refractivity contribution in [2.45, 2.75) is 26.4 Å². The molecule has 2 aromatic carbocycles. The quantitative estimate of drug-likeness (QED) is 0.696. The molecule has 0 fully saturated rings. The van der Waals surface area contributed by atoms with Crippen LogP contribution in [0.3, 0.4) is 0 Å². The largest absolute Gasteiger partial charge is 0.491 e. The summed E-state index contributed by atoms with van der Waals surface area (Å²) in [7, 11) is 0. The summed E-state index contributed by atoms with van der Waals surface area (Å²) >= 11 is 0. The molecule has 0 bridgehead atoms. The Bertz CT molecular complexity index is 641. The Hall–Kier alpha value is -2.09. The van der Waals surface area contributed by atoms with Crippen LogP contribution in [0.1, 0.15) is 40.9 Å². The molecule has 0 spiro atoms. The summed E-state index contributed by atoms with van der Waals surface area (Å²) in [5.74, 6) is 0.953. The first-order valence-corrected chi connectivity index (χ1v) is 6.57. The molecule has 0 radical (unpaired) electrons. The summed E-state index contributed by atoms with van der Waals surface area (Å²) in [5, 5.41) is 0. The Balaban J connectivity index is 2.03. The molecule has 0 amide bonds. The predicted octanol–water partition coefficient (Wildman–Crippen LogP) is 3.61. The third-order valence-electron chi connectivity index (χ3n) is 3.34. The van der Waals surface area contributed by atoms with Crippen LogP contribution in [-0.2, 0) is 6.42 Å². The third kappa shape index (κ3) is 2.14. The van der Waals surface area contributed by atoms with Crippen molar-refractivity contribution in [2.75, 3.05) is 0 Å². The van der Waals surface area contributed by atoms with E-state index in [-0.39, 0.29) is 11.9 Å². The molecule has 2 nitrogen and oxygen atoms in total. The van der Waals surface area contributed by atoms with Crippen LogP contribution >= 0.6 is 0 Å². The van der Waals surface area contributed by atoms with Crippen molar-refractivity contribution in [3.8, 4) is 5.75 Å². The Kier molecular flexibility index (Phi) is 2.86. The molecule has 0 heterocycles. The lowest BCUT2D eigenvalue weighted by molar-refractivity contribution is 0.103. The highest BCUT2D eigenvalue weighted by molar-refractivity contribution is 6.12. The molecule has 0 saturated heterocycles. The van der Waals surface area contributed by atoms with E-state index in [2.05, 4.69) is 0 Å². The highest BCUT2D eigenvalue weighted by atomic mass is 16.5. The van der Waals surface area contributed by atoms with Gasteiger partial charge in [0.2, 0.25) is 0 Å². The summed E-state index contributed by atoms with van der Waals surface area (Å²) in [6, 6.07) is 13.6. The van der Waals surface area contributed by atoms with E-state index >= 15 is 0 Å². The summed E-state index contributed by atoms with van der Waals surface area (Å²) in [6.07, 6.45) is 0.941. The minimum Gasteiger partial charge on any atom is -0.491 e. The van der Waals surface area contributed by atoms with Crippen LogP contribution in [0.5, 0.6) is 5.75 Å². The first-order chi connectivity index (χ1) is 9.15. The van der Waals surface area contributed by atoms with Crippen LogP contribution in [0, 0.1) is 0 Å². The van der Waals surface area contributed by atoms with Gasteiger partial charge < -0.3 is 4.74 Å². The second-order valence-electron chi connectivity index (χ2n) is 5.15. The average molecular weight is 252 g/mol. The van der Waals surface area contributed by atoms with Gasteiger partial charge in [0.15, 0.2) is 5.78 Å². The minimum atomic E-state index is 0.118. The van der Waals surface area contributed by atoms with Crippen molar-refractivity contribution in [3.63, 3.8) is 0 Å². The molecule has 1 aliphatic carbocycles. The van der Waals surface area contributed by atoms with Crippen LogP contribution in [0.2, 0.25) is 0 Å². The van der Waals surface area contributed by atoms with Crippen molar-refractivity contribution in [1.82, 2.24) is 0 Å². The molecular formula is C17H16O2. The smallest absolute Gasteiger partial charge is 0.193 e. The van der Waals surface area contributed by atoms with Gasteiger partial charge in [0, 0.05) is 11.1 Å². The summed E-state index contributed by atoms with van der Waals surface area (Å²) in [4.78, 5) is 12.4. The summed E-state index contributed by atoms with van der Waals surface area (Å²) < 4.78 is 5.69. The fourth-order valence-corrected chi connectivity index (χ4v) is 2.53. The number of fused-ring (bicyclic) bond motifs is 2. The van der Waals surface area contributed by atoms with Crippen molar-refractivity contribution >= 4 is 5.78 Å². The van der Waals surface area contributed by atoms with Crippen LogP contribution in [-0.4, -0.2) is 11.9 Å². The second-order valence-corrected chi connectivity index (χ2v) is 5.15. The molecule has 96 valence electrons. The Labute approximate surface area is 113 Å². The molecule has 0 saturated carbocycles. The number of hydrogen-bond acceptors (Lipinski definition) is 2. The van der Waals surface area contributed by atoms with Crippen molar-refractivity contribution in [1.29, 1.82) is 0 Å². The van der Waals surface area contributed by atoms with Gasteiger partial charge in [0.05, 0.1) is 6.10 Å². The normalized spacial score (nSPS) is 13.1. The highest BCUT2D eigenvalue weighted by Gasteiger charge is 2.23. The molecule has 0 atom stereocenters. The van der Waals surface area contributed by atoms with Gasteiger partial charge >= 0.3 is 0 Å². The zero-order chi connectivity index (χ0) is 13.4. The zero-order valence-electron chi connectivity index (χ0n) is 11.1. The lowest BCUT2D eigenvalue weighted by atomic mass is 9.85.